The van der Waals surface area contributed by atoms with Gasteiger partial charge >= 0.3 is 0 Å². The highest BCUT2D eigenvalue weighted by atomic mass is 16.5. The van der Waals surface area contributed by atoms with Crippen molar-refractivity contribution in [1.29, 1.82) is 0 Å². The zero-order valence-electron chi connectivity index (χ0n) is 9.28. The van der Waals surface area contributed by atoms with Crippen molar-refractivity contribution < 1.29 is 4.74 Å². The number of hydrogen-bond acceptors (Lipinski definition) is 3. The lowest BCUT2D eigenvalue weighted by Gasteiger charge is -2.27. The Bertz CT molecular complexity index is 184. The van der Waals surface area contributed by atoms with Gasteiger partial charge in [-0.05, 0) is 24.7 Å². The lowest BCUT2D eigenvalue weighted by atomic mass is 10.1. The number of nitrogens with zero attached hydrogens (tertiary/aromatic N) is 1. The molecule has 2 N–H and O–H groups in total. The van der Waals surface area contributed by atoms with Crippen LogP contribution >= 0.6 is 0 Å². The van der Waals surface area contributed by atoms with E-state index in [0.29, 0.717) is 18.0 Å². The van der Waals surface area contributed by atoms with Crippen LogP contribution in [0.25, 0.3) is 0 Å². The topological polar surface area (TPSA) is 38.5 Å². The van der Waals surface area contributed by atoms with Crippen molar-refractivity contribution in [2.45, 2.75) is 31.8 Å². The standard InChI is InChI=1S/C11H22N2O/c1-8-5-13(6-10(8)12)11(7-14-2)9-3-4-9/h8-11H,3-7,12H2,1-2H3. The van der Waals surface area contributed by atoms with Crippen molar-refractivity contribution in [3.8, 4) is 0 Å². The molecule has 2 aliphatic rings. The highest BCUT2D eigenvalue weighted by Crippen LogP contribution is 2.37. The Labute approximate surface area is 86.6 Å². The third-order valence-electron chi connectivity index (χ3n) is 3.67. The molecule has 0 aromatic carbocycles. The van der Waals surface area contributed by atoms with E-state index in [4.69, 9.17) is 10.5 Å². The summed E-state index contributed by atoms with van der Waals surface area (Å²) in [5.41, 5.74) is 6.04. The van der Waals surface area contributed by atoms with E-state index in [1.54, 1.807) is 7.11 Å². The van der Waals surface area contributed by atoms with E-state index in [2.05, 4.69) is 11.8 Å². The summed E-state index contributed by atoms with van der Waals surface area (Å²) >= 11 is 0. The van der Waals surface area contributed by atoms with E-state index in [1.807, 2.05) is 0 Å². The van der Waals surface area contributed by atoms with Crippen LogP contribution in [0.4, 0.5) is 0 Å². The molecule has 14 heavy (non-hydrogen) atoms. The molecule has 0 radical (unpaired) electrons. The Morgan fingerprint density at radius 1 is 1.43 bits per heavy atom. The van der Waals surface area contributed by atoms with Gasteiger partial charge in [-0.3, -0.25) is 4.90 Å². The van der Waals surface area contributed by atoms with Crippen molar-refractivity contribution in [3.05, 3.63) is 0 Å². The summed E-state index contributed by atoms with van der Waals surface area (Å²) in [6.45, 7) is 5.35. The maximum absolute atomic E-state index is 6.04. The van der Waals surface area contributed by atoms with Gasteiger partial charge in [0.05, 0.1) is 6.61 Å². The van der Waals surface area contributed by atoms with Gasteiger partial charge < -0.3 is 10.5 Å². The predicted molar refractivity (Wildman–Crippen MR) is 57.1 cm³/mol. The van der Waals surface area contributed by atoms with Gasteiger partial charge in [-0.2, -0.15) is 0 Å². The minimum atomic E-state index is 0.369. The molecule has 1 saturated carbocycles. The van der Waals surface area contributed by atoms with Crippen molar-refractivity contribution in [2.75, 3.05) is 26.8 Å². The normalized spacial score (nSPS) is 36.2. The van der Waals surface area contributed by atoms with E-state index in [-0.39, 0.29) is 0 Å². The first kappa shape index (κ1) is 10.4. The van der Waals surface area contributed by atoms with Crippen LogP contribution in [0.5, 0.6) is 0 Å². The molecule has 0 bridgehead atoms. The molecule has 1 heterocycles. The minimum absolute atomic E-state index is 0.369. The monoisotopic (exact) mass is 198 g/mol. The van der Waals surface area contributed by atoms with E-state index >= 15 is 0 Å². The molecule has 1 aliphatic heterocycles. The fraction of sp³-hybridized carbons (Fsp3) is 1.00. The molecule has 3 heteroatoms. The second kappa shape index (κ2) is 4.17. The molecule has 82 valence electrons. The number of nitrogens with two attached hydrogens (primary N) is 1. The number of likely N-dealkylation sites (tertiary alicyclic amines) is 1. The maximum atomic E-state index is 6.04. The molecule has 0 aromatic heterocycles. The Balaban J connectivity index is 1.91. The molecule has 1 aliphatic carbocycles. The Kier molecular flexibility index (Phi) is 3.10. The highest BCUT2D eigenvalue weighted by molar-refractivity contribution is 4.94. The number of methoxy groups -OCH3 is 1. The fourth-order valence-corrected chi connectivity index (χ4v) is 2.49. The molecular weight excluding hydrogens is 176 g/mol. The predicted octanol–water partition coefficient (Wildman–Crippen LogP) is 0.690. The minimum Gasteiger partial charge on any atom is -0.383 e. The van der Waals surface area contributed by atoms with Crippen LogP contribution in [-0.2, 0) is 4.74 Å². The number of hydrogen-bond donors (Lipinski definition) is 1. The van der Waals surface area contributed by atoms with Crippen LogP contribution in [0.1, 0.15) is 19.8 Å². The van der Waals surface area contributed by atoms with Crippen LogP contribution in [-0.4, -0.2) is 43.8 Å². The number of ether oxygens (including phenoxy) is 1. The number of rotatable bonds is 4. The lowest BCUT2D eigenvalue weighted by molar-refractivity contribution is 0.0905. The maximum Gasteiger partial charge on any atom is 0.0620 e. The first-order valence-corrected chi connectivity index (χ1v) is 5.71. The molecule has 3 atom stereocenters. The van der Waals surface area contributed by atoms with Crippen LogP contribution in [0.3, 0.4) is 0 Å². The highest BCUT2D eigenvalue weighted by Gasteiger charge is 2.39. The van der Waals surface area contributed by atoms with Crippen LogP contribution in [0.15, 0.2) is 0 Å². The van der Waals surface area contributed by atoms with Crippen LogP contribution < -0.4 is 5.73 Å². The SMILES string of the molecule is COCC(C1CC1)N1CC(C)C(N)C1. The molecule has 2 fully saturated rings. The van der Waals surface area contributed by atoms with E-state index in [9.17, 15) is 0 Å². The Hall–Kier alpha value is -0.120. The summed E-state index contributed by atoms with van der Waals surface area (Å²) in [6.07, 6.45) is 2.77. The van der Waals surface area contributed by atoms with Gasteiger partial charge in [0.2, 0.25) is 0 Å². The molecule has 3 nitrogen and oxygen atoms in total. The van der Waals surface area contributed by atoms with Crippen molar-refractivity contribution in [3.63, 3.8) is 0 Å². The lowest BCUT2D eigenvalue weighted by Crippen LogP contribution is -2.40. The van der Waals surface area contributed by atoms with Gasteiger partial charge in [0.1, 0.15) is 0 Å². The molecule has 2 rings (SSSR count). The zero-order chi connectivity index (χ0) is 10.1. The van der Waals surface area contributed by atoms with Gasteiger partial charge in [-0.1, -0.05) is 6.92 Å². The summed E-state index contributed by atoms with van der Waals surface area (Å²) in [5, 5.41) is 0. The largest absolute Gasteiger partial charge is 0.383 e. The molecule has 0 amide bonds. The molecule has 0 aromatic rings. The molecule has 0 spiro atoms. The summed E-state index contributed by atoms with van der Waals surface area (Å²) in [6, 6.07) is 1.00. The van der Waals surface area contributed by atoms with E-state index in [1.165, 1.54) is 12.8 Å². The fourth-order valence-electron chi connectivity index (χ4n) is 2.49. The quantitative estimate of drug-likeness (QED) is 0.722. The van der Waals surface area contributed by atoms with Gasteiger partial charge in [-0.15, -0.1) is 0 Å². The zero-order valence-corrected chi connectivity index (χ0v) is 9.28. The van der Waals surface area contributed by atoms with Gasteiger partial charge in [0.15, 0.2) is 0 Å². The first-order valence-electron chi connectivity index (χ1n) is 5.71. The summed E-state index contributed by atoms with van der Waals surface area (Å²) < 4.78 is 5.31. The third-order valence-corrected chi connectivity index (χ3v) is 3.67. The second-order valence-electron chi connectivity index (χ2n) is 4.96. The van der Waals surface area contributed by atoms with Crippen molar-refractivity contribution in [2.24, 2.45) is 17.6 Å². The van der Waals surface area contributed by atoms with E-state index < -0.39 is 0 Å². The Morgan fingerprint density at radius 3 is 2.57 bits per heavy atom. The third kappa shape index (κ3) is 2.10. The average Bonchev–Trinajstić information content (AvgIpc) is 2.91. The molecule has 1 saturated heterocycles. The van der Waals surface area contributed by atoms with Crippen LogP contribution in [0, 0.1) is 11.8 Å². The summed E-state index contributed by atoms with van der Waals surface area (Å²) in [5.74, 6) is 1.53. The molecular formula is C11H22N2O. The second-order valence-corrected chi connectivity index (χ2v) is 4.96. The first-order chi connectivity index (χ1) is 6.72. The smallest absolute Gasteiger partial charge is 0.0620 e. The molecule has 3 unspecified atom stereocenters. The van der Waals surface area contributed by atoms with E-state index in [0.717, 1.165) is 25.6 Å². The Morgan fingerprint density at radius 2 is 2.14 bits per heavy atom. The van der Waals surface area contributed by atoms with Gasteiger partial charge in [-0.25, -0.2) is 0 Å². The van der Waals surface area contributed by atoms with Crippen LogP contribution in [0.2, 0.25) is 0 Å². The van der Waals surface area contributed by atoms with Crippen molar-refractivity contribution in [1.82, 2.24) is 4.90 Å². The summed E-state index contributed by atoms with van der Waals surface area (Å²) in [7, 11) is 1.80. The summed E-state index contributed by atoms with van der Waals surface area (Å²) in [4.78, 5) is 2.54. The average molecular weight is 198 g/mol. The van der Waals surface area contributed by atoms with Gasteiger partial charge in [0, 0.05) is 32.3 Å². The van der Waals surface area contributed by atoms with Crippen molar-refractivity contribution >= 4 is 0 Å². The van der Waals surface area contributed by atoms with Gasteiger partial charge in [0.25, 0.3) is 0 Å².